The van der Waals surface area contributed by atoms with Gasteiger partial charge < -0.3 is 14.7 Å². The molecule has 9 heteroatoms. The first kappa shape index (κ1) is 19.5. The van der Waals surface area contributed by atoms with Crippen LogP contribution < -0.4 is 10.2 Å². The second-order valence-electron chi connectivity index (χ2n) is 7.31. The van der Waals surface area contributed by atoms with E-state index in [1.807, 2.05) is 18.7 Å². The predicted molar refractivity (Wildman–Crippen MR) is 110 cm³/mol. The summed E-state index contributed by atoms with van der Waals surface area (Å²) in [5.41, 5.74) is 0.947. The molecule has 3 aromatic rings. The highest BCUT2D eigenvalue weighted by atomic mass is 32.1. The largest absolute Gasteiger partial charge is 0.357 e. The van der Waals surface area contributed by atoms with E-state index in [0.29, 0.717) is 41.1 Å². The molecule has 1 aliphatic heterocycles. The van der Waals surface area contributed by atoms with Crippen LogP contribution in [0.4, 0.5) is 15.2 Å². The number of hydrogen-bond donors (Lipinski definition) is 1. The molecule has 1 N–H and O–H groups in total. The van der Waals surface area contributed by atoms with Gasteiger partial charge in [-0.05, 0) is 37.5 Å². The highest BCUT2D eigenvalue weighted by Crippen LogP contribution is 2.31. The Kier molecular flexibility index (Phi) is 5.57. The van der Waals surface area contributed by atoms with Gasteiger partial charge in [0.1, 0.15) is 11.9 Å². The third-order valence-electron chi connectivity index (χ3n) is 4.92. The maximum Gasteiger partial charge on any atom is 0.248 e. The zero-order valence-corrected chi connectivity index (χ0v) is 17.1. The van der Waals surface area contributed by atoms with Gasteiger partial charge in [0.15, 0.2) is 5.13 Å². The summed E-state index contributed by atoms with van der Waals surface area (Å²) in [5, 5.41) is 9.12. The molecule has 29 heavy (non-hydrogen) atoms. The van der Waals surface area contributed by atoms with Gasteiger partial charge in [0.25, 0.3) is 0 Å². The van der Waals surface area contributed by atoms with E-state index in [-0.39, 0.29) is 11.8 Å². The maximum absolute atomic E-state index is 15.0. The average molecular weight is 415 g/mol. The summed E-state index contributed by atoms with van der Waals surface area (Å²) in [6.45, 7) is 4.52. The number of benzene rings is 1. The number of carbonyl (C=O) groups excluding carboxylic acids is 1. The van der Waals surface area contributed by atoms with E-state index in [0.717, 1.165) is 12.8 Å². The fraction of sp³-hybridized carbons (Fsp3) is 0.400. The van der Waals surface area contributed by atoms with Crippen molar-refractivity contribution in [3.05, 3.63) is 41.5 Å². The Hall–Kier alpha value is -2.81. The number of rotatable bonds is 5. The number of halogens is 1. The van der Waals surface area contributed by atoms with Crippen LogP contribution in [0, 0.1) is 5.82 Å². The lowest BCUT2D eigenvalue weighted by molar-refractivity contribution is -0.117. The molecule has 1 unspecified atom stereocenters. The molecule has 1 atom stereocenters. The van der Waals surface area contributed by atoms with E-state index in [9.17, 15) is 4.79 Å². The summed E-state index contributed by atoms with van der Waals surface area (Å²) in [4.78, 5) is 23.0. The molecule has 1 amide bonds. The number of piperidine rings is 1. The van der Waals surface area contributed by atoms with Crippen LogP contribution in [-0.2, 0) is 4.79 Å². The van der Waals surface area contributed by atoms with Gasteiger partial charge in [-0.25, -0.2) is 9.37 Å². The third-order valence-corrected chi connectivity index (χ3v) is 5.61. The van der Waals surface area contributed by atoms with Crippen molar-refractivity contribution in [3.63, 3.8) is 0 Å². The van der Waals surface area contributed by atoms with Gasteiger partial charge in [0.2, 0.25) is 17.6 Å². The van der Waals surface area contributed by atoms with Crippen molar-refractivity contribution in [2.24, 2.45) is 0 Å². The normalized spacial score (nSPS) is 17.0. The van der Waals surface area contributed by atoms with Gasteiger partial charge in [-0.15, -0.1) is 11.3 Å². The SMILES string of the molecule is CC(C)c1nc(-c2ccc(N3CCCCC3C(=O)Nc3nccs3)c(F)c2)no1. The lowest BCUT2D eigenvalue weighted by Crippen LogP contribution is -2.47. The van der Waals surface area contributed by atoms with Crippen LogP contribution in [0.15, 0.2) is 34.3 Å². The summed E-state index contributed by atoms with van der Waals surface area (Å²) in [7, 11) is 0. The summed E-state index contributed by atoms with van der Waals surface area (Å²) in [6, 6.07) is 4.41. The van der Waals surface area contributed by atoms with E-state index in [1.165, 1.54) is 17.4 Å². The van der Waals surface area contributed by atoms with E-state index in [2.05, 4.69) is 20.4 Å². The van der Waals surface area contributed by atoms with Gasteiger partial charge in [-0.2, -0.15) is 4.98 Å². The van der Waals surface area contributed by atoms with Gasteiger partial charge in [0, 0.05) is 29.6 Å². The number of amides is 1. The molecule has 152 valence electrons. The summed E-state index contributed by atoms with van der Waals surface area (Å²) < 4.78 is 20.2. The molecule has 1 saturated heterocycles. The van der Waals surface area contributed by atoms with Gasteiger partial charge >= 0.3 is 0 Å². The van der Waals surface area contributed by atoms with Crippen molar-refractivity contribution in [1.29, 1.82) is 0 Å². The second-order valence-corrected chi connectivity index (χ2v) is 8.20. The number of anilines is 2. The quantitative estimate of drug-likeness (QED) is 0.663. The Labute approximate surface area is 172 Å². The number of carbonyl (C=O) groups is 1. The summed E-state index contributed by atoms with van der Waals surface area (Å²) in [5.74, 6) is 0.399. The van der Waals surface area contributed by atoms with Crippen molar-refractivity contribution in [1.82, 2.24) is 15.1 Å². The molecule has 2 aromatic heterocycles. The Morgan fingerprint density at radius 3 is 2.93 bits per heavy atom. The van der Waals surface area contributed by atoms with Crippen LogP contribution in [0.25, 0.3) is 11.4 Å². The van der Waals surface area contributed by atoms with E-state index < -0.39 is 11.9 Å². The Morgan fingerprint density at radius 2 is 2.24 bits per heavy atom. The number of thiazole rings is 1. The molecule has 1 aliphatic rings. The first-order valence-corrected chi connectivity index (χ1v) is 10.5. The number of nitrogens with one attached hydrogen (secondary N) is 1. The molecular weight excluding hydrogens is 393 g/mol. The lowest BCUT2D eigenvalue weighted by Gasteiger charge is -2.36. The summed E-state index contributed by atoms with van der Waals surface area (Å²) in [6.07, 6.45) is 4.14. The first-order valence-electron chi connectivity index (χ1n) is 9.63. The molecule has 0 bridgehead atoms. The van der Waals surface area contributed by atoms with E-state index >= 15 is 4.39 Å². The van der Waals surface area contributed by atoms with Crippen LogP contribution in [0.2, 0.25) is 0 Å². The van der Waals surface area contributed by atoms with Crippen molar-refractivity contribution in [3.8, 4) is 11.4 Å². The maximum atomic E-state index is 15.0. The fourth-order valence-electron chi connectivity index (χ4n) is 3.43. The molecule has 1 fully saturated rings. The summed E-state index contributed by atoms with van der Waals surface area (Å²) >= 11 is 1.36. The first-order chi connectivity index (χ1) is 14.0. The van der Waals surface area contributed by atoms with E-state index in [4.69, 9.17) is 4.52 Å². The smallest absolute Gasteiger partial charge is 0.248 e. The molecule has 0 saturated carbocycles. The Bertz CT molecular complexity index is 989. The topological polar surface area (TPSA) is 84.2 Å². The highest BCUT2D eigenvalue weighted by molar-refractivity contribution is 7.13. The van der Waals surface area contributed by atoms with Crippen LogP contribution in [-0.4, -0.2) is 33.6 Å². The van der Waals surface area contributed by atoms with Crippen molar-refractivity contribution in [2.45, 2.75) is 45.1 Å². The van der Waals surface area contributed by atoms with Crippen LogP contribution in [0.3, 0.4) is 0 Å². The minimum Gasteiger partial charge on any atom is -0.357 e. The monoisotopic (exact) mass is 415 g/mol. The minimum absolute atomic E-state index is 0.103. The number of aromatic nitrogens is 3. The molecule has 7 nitrogen and oxygen atoms in total. The van der Waals surface area contributed by atoms with E-state index in [1.54, 1.807) is 23.7 Å². The molecule has 0 spiro atoms. The minimum atomic E-state index is -0.439. The standard InChI is InChI=1S/C20H22FN5O2S/c1-12(2)19-23-17(25-28-19)13-6-7-15(14(21)11-13)26-9-4-3-5-16(26)18(27)24-20-22-8-10-29-20/h6-8,10-12,16H,3-5,9H2,1-2H3,(H,22,24,27). The molecule has 4 rings (SSSR count). The van der Waals surface area contributed by atoms with Crippen molar-refractivity contribution >= 4 is 28.1 Å². The van der Waals surface area contributed by atoms with Crippen molar-refractivity contribution in [2.75, 3.05) is 16.8 Å². The fourth-order valence-corrected chi connectivity index (χ4v) is 3.96. The molecule has 0 aliphatic carbocycles. The van der Waals surface area contributed by atoms with Crippen LogP contribution in [0.1, 0.15) is 44.9 Å². The molecule has 3 heterocycles. The lowest BCUT2D eigenvalue weighted by atomic mass is 10.00. The predicted octanol–water partition coefficient (Wildman–Crippen LogP) is 4.45. The van der Waals surface area contributed by atoms with Crippen molar-refractivity contribution < 1.29 is 13.7 Å². The Morgan fingerprint density at radius 1 is 1.38 bits per heavy atom. The molecular formula is C20H22FN5O2S. The van der Waals surface area contributed by atoms with Crippen LogP contribution in [0.5, 0.6) is 0 Å². The second kappa shape index (κ2) is 8.28. The Balaban J connectivity index is 1.57. The van der Waals surface area contributed by atoms with Gasteiger partial charge in [-0.1, -0.05) is 19.0 Å². The molecule has 1 aromatic carbocycles. The zero-order valence-electron chi connectivity index (χ0n) is 16.3. The third kappa shape index (κ3) is 4.14. The number of nitrogens with zero attached hydrogens (tertiary/aromatic N) is 4. The highest BCUT2D eigenvalue weighted by Gasteiger charge is 2.31. The zero-order chi connectivity index (χ0) is 20.4. The average Bonchev–Trinajstić information content (AvgIpc) is 3.40. The van der Waals surface area contributed by atoms with Gasteiger partial charge in [0.05, 0.1) is 5.69 Å². The van der Waals surface area contributed by atoms with Crippen LogP contribution >= 0.6 is 11.3 Å². The molecule has 0 radical (unpaired) electrons. The van der Waals surface area contributed by atoms with Gasteiger partial charge in [-0.3, -0.25) is 4.79 Å². The number of hydrogen-bond acceptors (Lipinski definition) is 7.